The van der Waals surface area contributed by atoms with Crippen LogP contribution >= 0.6 is 0 Å². The van der Waals surface area contributed by atoms with Gasteiger partial charge in [-0.25, -0.2) is 0 Å². The average Bonchev–Trinajstić information content (AvgIpc) is 2.82. The molecule has 3 nitrogen and oxygen atoms in total. The van der Waals surface area contributed by atoms with E-state index < -0.39 is 0 Å². The Kier molecular flexibility index (Phi) is 3.69. The van der Waals surface area contributed by atoms with E-state index in [0.717, 1.165) is 31.3 Å². The first-order chi connectivity index (χ1) is 11.8. The van der Waals surface area contributed by atoms with Crippen LogP contribution in [0.5, 0.6) is 0 Å². The van der Waals surface area contributed by atoms with E-state index in [1.807, 2.05) is 12.2 Å². The highest BCUT2D eigenvalue weighted by Crippen LogP contribution is 2.65. The first-order valence-corrected chi connectivity index (χ1v) is 9.55. The minimum absolute atomic E-state index is 0.0300. The Morgan fingerprint density at radius 3 is 2.84 bits per heavy atom. The summed E-state index contributed by atoms with van der Waals surface area (Å²) in [5.74, 6) is 1.26. The van der Waals surface area contributed by atoms with E-state index in [0.29, 0.717) is 30.1 Å². The molecule has 2 saturated carbocycles. The number of Topliss-reactive ketones (excluding diaryl/α,β-unsaturated/α-hetero) is 1. The zero-order valence-electron chi connectivity index (χ0n) is 15.2. The summed E-state index contributed by atoms with van der Waals surface area (Å²) >= 11 is 0. The van der Waals surface area contributed by atoms with Crippen LogP contribution in [0, 0.1) is 34.5 Å². The van der Waals surface area contributed by atoms with Gasteiger partial charge < -0.3 is 10.2 Å². The van der Waals surface area contributed by atoms with Crippen LogP contribution in [-0.4, -0.2) is 22.1 Å². The number of allylic oxidation sites excluding steroid dienone is 5. The first-order valence-electron chi connectivity index (χ1n) is 9.55. The number of fused-ring (bicyclic) bond motifs is 5. The fraction of sp³-hybridized carbons (Fsp3) is 0.636. The molecule has 0 amide bonds. The van der Waals surface area contributed by atoms with Crippen molar-refractivity contribution in [3.63, 3.8) is 0 Å². The van der Waals surface area contributed by atoms with Crippen molar-refractivity contribution in [2.45, 2.75) is 52.1 Å². The van der Waals surface area contributed by atoms with E-state index in [2.05, 4.69) is 32.2 Å². The van der Waals surface area contributed by atoms with Gasteiger partial charge in [-0.3, -0.25) is 4.79 Å². The maximum Gasteiger partial charge on any atom is 0.197 e. The van der Waals surface area contributed by atoms with Crippen molar-refractivity contribution in [3.8, 4) is 0 Å². The number of carbonyl (C=O) groups excluding carboxylic acids is 1. The zero-order valence-corrected chi connectivity index (χ0v) is 15.2. The predicted molar refractivity (Wildman–Crippen MR) is 96.8 cm³/mol. The van der Waals surface area contributed by atoms with Crippen LogP contribution in [-0.2, 0) is 4.79 Å². The highest BCUT2D eigenvalue weighted by Gasteiger charge is 2.60. The Bertz CT molecular complexity index is 726. The van der Waals surface area contributed by atoms with Gasteiger partial charge in [0.05, 0.1) is 6.10 Å². The molecule has 0 bridgehead atoms. The fourth-order valence-corrected chi connectivity index (χ4v) is 6.62. The molecule has 4 aliphatic carbocycles. The fourth-order valence-electron chi connectivity index (χ4n) is 6.62. The predicted octanol–water partition coefficient (Wildman–Crippen LogP) is 4.11. The molecule has 0 aromatic rings. The lowest BCUT2D eigenvalue weighted by atomic mass is 9.48. The Morgan fingerprint density at radius 2 is 2.12 bits per heavy atom. The van der Waals surface area contributed by atoms with Crippen molar-refractivity contribution in [3.05, 3.63) is 41.9 Å². The van der Waals surface area contributed by atoms with E-state index in [4.69, 9.17) is 0 Å². The van der Waals surface area contributed by atoms with Crippen molar-refractivity contribution in [2.75, 3.05) is 0 Å². The van der Waals surface area contributed by atoms with Gasteiger partial charge in [0.25, 0.3) is 0 Å². The normalized spacial score (nSPS) is 48.4. The van der Waals surface area contributed by atoms with E-state index in [1.165, 1.54) is 0 Å². The van der Waals surface area contributed by atoms with Gasteiger partial charge in [0.2, 0.25) is 0 Å². The molecule has 0 aromatic heterocycles. The van der Waals surface area contributed by atoms with E-state index in [9.17, 15) is 15.0 Å². The van der Waals surface area contributed by atoms with Gasteiger partial charge >= 0.3 is 0 Å². The molecular formula is C22H28O3. The van der Waals surface area contributed by atoms with Crippen molar-refractivity contribution in [2.24, 2.45) is 34.5 Å². The van der Waals surface area contributed by atoms with Gasteiger partial charge in [0, 0.05) is 17.4 Å². The molecule has 7 atom stereocenters. The van der Waals surface area contributed by atoms with Gasteiger partial charge in [-0.15, -0.1) is 5.73 Å². The van der Waals surface area contributed by atoms with Crippen molar-refractivity contribution in [1.29, 1.82) is 0 Å². The standard InChI is InChI=1S/C22H28O3/c1-4-9-22-11-8-18(23)19(24)16(22)6-5-14-15(22)7-10-21(3)17(14)12-13(2)20(21)25/h5-6,9,13-15,17,20,24-25H,1,7-8,10-12H2,2-3H3/t13-,14+,15-,17-,20-,21-,22+/m0/s1. The van der Waals surface area contributed by atoms with Crippen molar-refractivity contribution >= 4 is 5.78 Å². The third kappa shape index (κ3) is 2.06. The van der Waals surface area contributed by atoms with Gasteiger partial charge in [-0.05, 0) is 60.8 Å². The summed E-state index contributed by atoms with van der Waals surface area (Å²) in [5, 5.41) is 21.2. The van der Waals surface area contributed by atoms with Gasteiger partial charge in [0.1, 0.15) is 0 Å². The maximum absolute atomic E-state index is 12.1. The Labute approximate surface area is 149 Å². The molecule has 0 unspecified atom stereocenters. The van der Waals surface area contributed by atoms with E-state index in [-0.39, 0.29) is 28.5 Å². The quantitative estimate of drug-likeness (QED) is 0.706. The summed E-state index contributed by atoms with van der Waals surface area (Å²) in [4.78, 5) is 12.1. The molecule has 0 aliphatic heterocycles. The molecule has 2 fully saturated rings. The third-order valence-corrected chi connectivity index (χ3v) is 7.90. The Balaban J connectivity index is 1.85. The third-order valence-electron chi connectivity index (χ3n) is 7.90. The number of hydrogen-bond acceptors (Lipinski definition) is 3. The molecule has 3 heteroatoms. The molecule has 4 aliphatic rings. The minimum Gasteiger partial charge on any atom is -0.504 e. The lowest BCUT2D eigenvalue weighted by Gasteiger charge is -2.55. The van der Waals surface area contributed by atoms with Crippen molar-refractivity contribution < 1.29 is 15.0 Å². The molecule has 2 N–H and O–H groups in total. The SMILES string of the molecule is C=C=C[C@]12CCC(=O)C(O)=C1C=C[C@H]1[C@@H]3C[C@H](C)[C@H](O)[C@@]3(C)CC[C@@H]12. The number of carbonyl (C=O) groups is 1. The van der Waals surface area contributed by atoms with Crippen LogP contribution in [0.4, 0.5) is 0 Å². The number of hydrogen-bond donors (Lipinski definition) is 2. The smallest absolute Gasteiger partial charge is 0.197 e. The largest absolute Gasteiger partial charge is 0.504 e. The molecule has 4 rings (SSSR count). The second-order valence-corrected chi connectivity index (χ2v) is 8.93. The average molecular weight is 340 g/mol. The second-order valence-electron chi connectivity index (χ2n) is 8.93. The first kappa shape index (κ1) is 16.9. The lowest BCUT2D eigenvalue weighted by molar-refractivity contribution is -0.120. The second kappa shape index (κ2) is 5.46. The number of aliphatic hydroxyl groups is 2. The van der Waals surface area contributed by atoms with Crippen LogP contribution in [0.25, 0.3) is 0 Å². The number of aliphatic hydroxyl groups excluding tert-OH is 2. The van der Waals surface area contributed by atoms with E-state index in [1.54, 1.807) is 0 Å². The van der Waals surface area contributed by atoms with Gasteiger partial charge in [-0.1, -0.05) is 32.6 Å². The topological polar surface area (TPSA) is 57.5 Å². The van der Waals surface area contributed by atoms with Crippen LogP contribution in [0.15, 0.2) is 41.9 Å². The summed E-state index contributed by atoms with van der Waals surface area (Å²) < 4.78 is 0. The summed E-state index contributed by atoms with van der Waals surface area (Å²) in [6, 6.07) is 0. The lowest BCUT2D eigenvalue weighted by Crippen LogP contribution is -2.50. The molecule has 134 valence electrons. The van der Waals surface area contributed by atoms with E-state index >= 15 is 0 Å². The molecule has 0 aromatic carbocycles. The summed E-state index contributed by atoms with van der Waals surface area (Å²) in [6.45, 7) is 8.20. The van der Waals surface area contributed by atoms with Crippen LogP contribution < -0.4 is 0 Å². The monoisotopic (exact) mass is 340 g/mol. The molecule has 0 spiro atoms. The van der Waals surface area contributed by atoms with Crippen LogP contribution in [0.1, 0.15) is 46.0 Å². The Hall–Kier alpha value is -1.57. The van der Waals surface area contributed by atoms with Gasteiger partial charge in [-0.2, -0.15) is 0 Å². The zero-order chi connectivity index (χ0) is 18.0. The van der Waals surface area contributed by atoms with Crippen molar-refractivity contribution in [1.82, 2.24) is 0 Å². The summed E-state index contributed by atoms with van der Waals surface area (Å²) in [5.41, 5.74) is 3.36. The van der Waals surface area contributed by atoms with Crippen LogP contribution in [0.3, 0.4) is 0 Å². The van der Waals surface area contributed by atoms with Gasteiger partial charge in [0.15, 0.2) is 11.5 Å². The minimum atomic E-state index is -0.336. The number of rotatable bonds is 1. The maximum atomic E-state index is 12.1. The molecule has 25 heavy (non-hydrogen) atoms. The Morgan fingerprint density at radius 1 is 1.36 bits per heavy atom. The highest BCUT2D eigenvalue weighted by molar-refractivity contribution is 5.95. The molecule has 0 heterocycles. The molecule has 0 saturated heterocycles. The van der Waals surface area contributed by atoms with Crippen LogP contribution in [0.2, 0.25) is 0 Å². The summed E-state index contributed by atoms with van der Waals surface area (Å²) in [7, 11) is 0. The number of ketones is 1. The molecular weight excluding hydrogens is 312 g/mol. The summed E-state index contributed by atoms with van der Waals surface area (Å²) in [6.07, 6.45) is 10.1. The molecule has 0 radical (unpaired) electrons. The highest BCUT2D eigenvalue weighted by atomic mass is 16.3.